The first-order chi connectivity index (χ1) is 19.8. The van der Waals surface area contributed by atoms with Crippen LogP contribution in [0.25, 0.3) is 0 Å². The normalized spacial score (nSPS) is 16.8. The zero-order chi connectivity index (χ0) is 30.9. The van der Waals surface area contributed by atoms with Gasteiger partial charge in [-0.15, -0.1) is 0 Å². The predicted octanol–water partition coefficient (Wildman–Crippen LogP) is 4.57. The summed E-state index contributed by atoms with van der Waals surface area (Å²) < 4.78 is 16.9. The Bertz CT molecular complexity index is 1210. The Balaban J connectivity index is 1.64. The summed E-state index contributed by atoms with van der Waals surface area (Å²) in [7, 11) is 0. The molecule has 1 saturated heterocycles. The Morgan fingerprint density at radius 1 is 1.00 bits per heavy atom. The van der Waals surface area contributed by atoms with Crippen molar-refractivity contribution >= 4 is 24.1 Å². The number of carbonyl (C=O) groups is 4. The summed E-state index contributed by atoms with van der Waals surface area (Å²) in [5.74, 6) is -1.13. The maximum Gasteiger partial charge on any atom is 0.329 e. The van der Waals surface area contributed by atoms with Crippen LogP contribution in [-0.4, -0.2) is 65.4 Å². The van der Waals surface area contributed by atoms with Gasteiger partial charge in [0.1, 0.15) is 24.0 Å². The molecule has 0 saturated carbocycles. The lowest BCUT2D eigenvalue weighted by Crippen LogP contribution is -2.50. The predicted molar refractivity (Wildman–Crippen MR) is 159 cm³/mol. The molecule has 1 heterocycles. The second kappa shape index (κ2) is 14.4. The van der Waals surface area contributed by atoms with Crippen molar-refractivity contribution in [2.75, 3.05) is 13.1 Å². The number of carbonyl (C=O) groups excluding carboxylic acids is 4. The van der Waals surface area contributed by atoms with Crippen molar-refractivity contribution in [3.8, 4) is 5.75 Å². The van der Waals surface area contributed by atoms with Gasteiger partial charge in [-0.1, -0.05) is 42.5 Å². The lowest BCUT2D eigenvalue weighted by Gasteiger charge is -2.29. The third kappa shape index (κ3) is 9.69. The molecule has 1 N–H and O–H groups in total. The summed E-state index contributed by atoms with van der Waals surface area (Å²) >= 11 is 0. The van der Waals surface area contributed by atoms with E-state index in [9.17, 15) is 19.2 Å². The van der Waals surface area contributed by atoms with Crippen LogP contribution in [0.3, 0.4) is 0 Å². The highest BCUT2D eigenvalue weighted by atomic mass is 16.6. The number of esters is 2. The molecule has 0 aliphatic carbocycles. The molecule has 9 heteroatoms. The second-order valence-electron chi connectivity index (χ2n) is 12.2. The third-order valence-electron chi connectivity index (χ3n) is 6.93. The summed E-state index contributed by atoms with van der Waals surface area (Å²) in [5, 5.41) is 3.20. The van der Waals surface area contributed by atoms with E-state index in [1.807, 2.05) is 42.5 Å². The molecule has 0 radical (unpaired) electrons. The minimum atomic E-state index is -1.27. The van der Waals surface area contributed by atoms with Crippen molar-refractivity contribution in [2.45, 2.75) is 96.6 Å². The van der Waals surface area contributed by atoms with Crippen LogP contribution in [-0.2, 0) is 35.3 Å². The molecule has 1 fully saturated rings. The van der Waals surface area contributed by atoms with E-state index in [0.717, 1.165) is 12.0 Å². The fourth-order valence-electron chi connectivity index (χ4n) is 4.74. The van der Waals surface area contributed by atoms with E-state index in [1.165, 1.54) is 13.8 Å². The number of nitrogens with one attached hydrogen (secondary N) is 1. The zero-order valence-electron chi connectivity index (χ0n) is 25.6. The highest BCUT2D eigenvalue weighted by molar-refractivity contribution is 5.88. The number of rotatable bonds is 13. The molecule has 3 rings (SSSR count). The third-order valence-corrected chi connectivity index (χ3v) is 6.93. The molecule has 228 valence electrons. The van der Waals surface area contributed by atoms with Gasteiger partial charge in [0.2, 0.25) is 5.91 Å². The Hall–Kier alpha value is -3.72. The summed E-state index contributed by atoms with van der Waals surface area (Å²) in [5.41, 5.74) is -0.150. The van der Waals surface area contributed by atoms with Crippen molar-refractivity contribution in [1.82, 2.24) is 10.2 Å². The molecule has 42 heavy (non-hydrogen) atoms. The number of hydrogen-bond acceptors (Lipinski definition) is 8. The molecule has 0 spiro atoms. The van der Waals surface area contributed by atoms with Gasteiger partial charge >= 0.3 is 11.9 Å². The van der Waals surface area contributed by atoms with Crippen LogP contribution >= 0.6 is 0 Å². The van der Waals surface area contributed by atoms with Crippen LogP contribution in [0, 0.1) is 0 Å². The van der Waals surface area contributed by atoms with E-state index in [0.29, 0.717) is 50.1 Å². The summed E-state index contributed by atoms with van der Waals surface area (Å²) in [6.07, 6.45) is 2.22. The van der Waals surface area contributed by atoms with Crippen LogP contribution in [0.1, 0.15) is 77.8 Å². The molecule has 1 aliphatic heterocycles. The lowest BCUT2D eigenvalue weighted by atomic mass is 9.95. The first kappa shape index (κ1) is 32.8. The molecule has 9 nitrogen and oxygen atoms in total. The highest BCUT2D eigenvalue weighted by Gasteiger charge is 2.38. The van der Waals surface area contributed by atoms with Crippen LogP contribution in [0.4, 0.5) is 0 Å². The van der Waals surface area contributed by atoms with Crippen molar-refractivity contribution in [3.05, 3.63) is 65.7 Å². The fourth-order valence-corrected chi connectivity index (χ4v) is 4.74. The topological polar surface area (TPSA) is 111 Å². The molecule has 2 aromatic carbocycles. The smallest absolute Gasteiger partial charge is 0.329 e. The van der Waals surface area contributed by atoms with Gasteiger partial charge in [-0.3, -0.25) is 14.4 Å². The van der Waals surface area contributed by atoms with Gasteiger partial charge in [0.05, 0.1) is 12.0 Å². The van der Waals surface area contributed by atoms with E-state index < -0.39 is 41.1 Å². The zero-order valence-corrected chi connectivity index (χ0v) is 25.6. The van der Waals surface area contributed by atoms with E-state index in [4.69, 9.17) is 14.2 Å². The van der Waals surface area contributed by atoms with Gasteiger partial charge < -0.3 is 24.4 Å². The van der Waals surface area contributed by atoms with Crippen molar-refractivity contribution in [3.63, 3.8) is 0 Å². The first-order valence-electron chi connectivity index (χ1n) is 14.5. The molecule has 0 aromatic heterocycles. The van der Waals surface area contributed by atoms with Gasteiger partial charge in [-0.2, -0.15) is 0 Å². The Kier molecular flexibility index (Phi) is 11.3. The highest BCUT2D eigenvalue weighted by Crippen LogP contribution is 2.27. The van der Waals surface area contributed by atoms with E-state index in [-0.39, 0.29) is 5.91 Å². The summed E-state index contributed by atoms with van der Waals surface area (Å²) in [6, 6.07) is 15.8. The summed E-state index contributed by atoms with van der Waals surface area (Å²) in [4.78, 5) is 52.1. The molecular formula is C33H44N2O7. The maximum atomic E-state index is 13.2. The lowest BCUT2D eigenvalue weighted by molar-refractivity contribution is -0.163. The molecule has 1 amide bonds. The number of aldehydes is 1. The van der Waals surface area contributed by atoms with Crippen LogP contribution < -0.4 is 10.1 Å². The Morgan fingerprint density at radius 2 is 1.67 bits per heavy atom. The van der Waals surface area contributed by atoms with E-state index in [2.05, 4.69) is 5.32 Å². The molecule has 1 unspecified atom stereocenters. The maximum absolute atomic E-state index is 13.2. The molecule has 3 atom stereocenters. The van der Waals surface area contributed by atoms with E-state index in [1.54, 1.807) is 44.7 Å². The largest absolute Gasteiger partial charge is 0.489 e. The number of amides is 1. The molecule has 2 aromatic rings. The molecule has 0 bridgehead atoms. The van der Waals surface area contributed by atoms with Gasteiger partial charge in [-0.05, 0) is 90.6 Å². The average molecular weight is 581 g/mol. The standard InChI is InChI=1S/C33H44N2O7/c1-23(29(37)35-20-10-13-28(35)31(39)41-32(2,3)4)34-19-18-27(30(38)42-33(5,6)22-36)25-14-16-26(17-15-25)40-21-24-11-8-7-9-12-24/h7-9,11-12,14-17,22-23,27-28,34H,10,13,18-21H2,1-6H3/t23-,27?,28-/m0/s1. The Labute approximate surface area is 248 Å². The fraction of sp³-hybridized carbons (Fsp3) is 0.515. The van der Waals surface area contributed by atoms with Gasteiger partial charge in [0.25, 0.3) is 0 Å². The number of nitrogens with zero attached hydrogens (tertiary/aromatic N) is 1. The number of ether oxygens (including phenoxy) is 3. The number of benzene rings is 2. The van der Waals surface area contributed by atoms with Gasteiger partial charge in [0, 0.05) is 6.54 Å². The van der Waals surface area contributed by atoms with Crippen molar-refractivity contribution in [2.24, 2.45) is 0 Å². The molecule has 1 aliphatic rings. The van der Waals surface area contributed by atoms with Crippen LogP contribution in [0.5, 0.6) is 5.75 Å². The van der Waals surface area contributed by atoms with Crippen molar-refractivity contribution in [1.29, 1.82) is 0 Å². The van der Waals surface area contributed by atoms with Crippen molar-refractivity contribution < 1.29 is 33.4 Å². The van der Waals surface area contributed by atoms with Crippen LogP contribution in [0.15, 0.2) is 54.6 Å². The molecular weight excluding hydrogens is 536 g/mol. The number of likely N-dealkylation sites (tertiary alicyclic amines) is 1. The Morgan fingerprint density at radius 3 is 2.29 bits per heavy atom. The minimum Gasteiger partial charge on any atom is -0.489 e. The van der Waals surface area contributed by atoms with Gasteiger partial charge in [-0.25, -0.2) is 4.79 Å². The number of hydrogen-bond donors (Lipinski definition) is 1. The second-order valence-corrected chi connectivity index (χ2v) is 12.2. The average Bonchev–Trinajstić information content (AvgIpc) is 3.44. The van der Waals surface area contributed by atoms with E-state index >= 15 is 0 Å². The van der Waals surface area contributed by atoms with Gasteiger partial charge in [0.15, 0.2) is 11.9 Å². The minimum absolute atomic E-state index is 0.190. The quantitative estimate of drug-likeness (QED) is 0.271. The van der Waals surface area contributed by atoms with Crippen LogP contribution in [0.2, 0.25) is 0 Å². The summed E-state index contributed by atoms with van der Waals surface area (Å²) in [6.45, 7) is 11.5. The SMILES string of the molecule is C[C@H](NCCC(C(=O)OC(C)(C)C=O)c1ccc(OCc2ccccc2)cc1)C(=O)N1CCC[C@H]1C(=O)OC(C)(C)C. The monoisotopic (exact) mass is 580 g/mol. The first-order valence-corrected chi connectivity index (χ1v) is 14.5.